The molecule has 0 aromatic rings. The molecule has 0 amide bonds. The summed E-state index contributed by atoms with van der Waals surface area (Å²) < 4.78 is 0. The van der Waals surface area contributed by atoms with Crippen LogP contribution in [0.2, 0.25) is 0 Å². The van der Waals surface area contributed by atoms with Crippen molar-refractivity contribution in [3.05, 3.63) is 0 Å². The van der Waals surface area contributed by atoms with Crippen LogP contribution in [0.4, 0.5) is 0 Å². The van der Waals surface area contributed by atoms with Crippen molar-refractivity contribution in [1.29, 1.82) is 0 Å². The molecule has 0 heterocycles. The van der Waals surface area contributed by atoms with Crippen molar-refractivity contribution in [3.63, 3.8) is 0 Å². The minimum atomic E-state index is 0.946. The summed E-state index contributed by atoms with van der Waals surface area (Å²) in [5, 5.41) is 0. The predicted molar refractivity (Wildman–Crippen MR) is 85.0 cm³/mol. The quantitative estimate of drug-likeness (QED) is 0.358. The monoisotopic (exact) mass is 254 g/mol. The van der Waals surface area contributed by atoms with E-state index < -0.39 is 0 Å². The maximum atomic E-state index is 2.43. The fourth-order valence-electron chi connectivity index (χ4n) is 3.14. The van der Waals surface area contributed by atoms with E-state index in [1.165, 1.54) is 64.2 Å². The lowest BCUT2D eigenvalue weighted by atomic mass is 9.86. The first-order valence-electron chi connectivity index (χ1n) is 8.67. The van der Waals surface area contributed by atoms with Crippen molar-refractivity contribution in [1.82, 2.24) is 0 Å². The second-order valence-electron chi connectivity index (χ2n) is 6.39. The maximum absolute atomic E-state index is 2.43. The molecule has 3 atom stereocenters. The van der Waals surface area contributed by atoms with Gasteiger partial charge in [0.05, 0.1) is 0 Å². The zero-order chi connectivity index (χ0) is 13.8. The van der Waals surface area contributed by atoms with E-state index in [1.54, 1.807) is 0 Å². The van der Waals surface area contributed by atoms with Crippen molar-refractivity contribution in [2.75, 3.05) is 0 Å². The molecule has 0 N–H and O–H groups in total. The van der Waals surface area contributed by atoms with Gasteiger partial charge in [0, 0.05) is 0 Å². The van der Waals surface area contributed by atoms with Gasteiger partial charge in [0.1, 0.15) is 0 Å². The van der Waals surface area contributed by atoms with Gasteiger partial charge in [-0.2, -0.15) is 0 Å². The van der Waals surface area contributed by atoms with E-state index in [0.717, 1.165) is 17.8 Å². The molecule has 0 bridgehead atoms. The van der Waals surface area contributed by atoms with Crippen LogP contribution in [0.3, 0.4) is 0 Å². The first-order valence-corrected chi connectivity index (χ1v) is 8.67. The average molecular weight is 255 g/mol. The van der Waals surface area contributed by atoms with E-state index in [2.05, 4.69) is 34.6 Å². The van der Waals surface area contributed by atoms with Crippen LogP contribution in [-0.4, -0.2) is 0 Å². The predicted octanol–water partition coefficient (Wildman–Crippen LogP) is 6.84. The van der Waals surface area contributed by atoms with Gasteiger partial charge in [0.2, 0.25) is 0 Å². The summed E-state index contributed by atoms with van der Waals surface area (Å²) in [6.07, 6.45) is 14.2. The van der Waals surface area contributed by atoms with Gasteiger partial charge in [-0.1, -0.05) is 98.8 Å². The molecule has 0 spiro atoms. The summed E-state index contributed by atoms with van der Waals surface area (Å²) >= 11 is 0. The van der Waals surface area contributed by atoms with Gasteiger partial charge >= 0.3 is 0 Å². The molecule has 0 saturated carbocycles. The van der Waals surface area contributed by atoms with Crippen LogP contribution >= 0.6 is 0 Å². The molecule has 0 rings (SSSR count). The van der Waals surface area contributed by atoms with Crippen molar-refractivity contribution >= 4 is 0 Å². The Balaban J connectivity index is 3.81. The SMILES string of the molecule is CCCC(C)CCC(CC)CCC(CC)CCC. The van der Waals surface area contributed by atoms with Gasteiger partial charge in [0.15, 0.2) is 0 Å². The minimum absolute atomic E-state index is 0.946. The Morgan fingerprint density at radius 2 is 1.00 bits per heavy atom. The number of hydrogen-bond donors (Lipinski definition) is 0. The van der Waals surface area contributed by atoms with Crippen molar-refractivity contribution in [3.8, 4) is 0 Å². The topological polar surface area (TPSA) is 0 Å². The summed E-state index contributed by atoms with van der Waals surface area (Å²) in [7, 11) is 0. The molecule has 18 heavy (non-hydrogen) atoms. The second-order valence-corrected chi connectivity index (χ2v) is 6.39. The molecule has 0 nitrogen and oxygen atoms in total. The van der Waals surface area contributed by atoms with Crippen LogP contribution in [-0.2, 0) is 0 Å². The normalized spacial score (nSPS) is 16.5. The summed E-state index contributed by atoms with van der Waals surface area (Å²) in [5.41, 5.74) is 0. The van der Waals surface area contributed by atoms with Crippen LogP contribution in [0, 0.1) is 17.8 Å². The lowest BCUT2D eigenvalue weighted by Gasteiger charge is -2.20. The Bertz CT molecular complexity index is 161. The molecule has 0 aromatic carbocycles. The Labute approximate surface area is 117 Å². The third kappa shape index (κ3) is 9.00. The van der Waals surface area contributed by atoms with Crippen molar-refractivity contribution in [2.24, 2.45) is 17.8 Å². The Morgan fingerprint density at radius 3 is 1.44 bits per heavy atom. The molecule has 0 aliphatic rings. The standard InChI is InChI=1S/C18H38/c1-6-10-16(5)12-13-18(9-4)15-14-17(8-3)11-7-2/h16-18H,6-15H2,1-5H3. The van der Waals surface area contributed by atoms with E-state index in [9.17, 15) is 0 Å². The molecule has 0 aliphatic heterocycles. The second kappa shape index (κ2) is 12.1. The third-order valence-corrected chi connectivity index (χ3v) is 4.68. The van der Waals surface area contributed by atoms with Gasteiger partial charge in [-0.05, 0) is 17.8 Å². The zero-order valence-corrected chi connectivity index (χ0v) is 13.8. The smallest absolute Gasteiger partial charge is 0.0417 e. The highest BCUT2D eigenvalue weighted by Crippen LogP contribution is 2.26. The van der Waals surface area contributed by atoms with Crippen molar-refractivity contribution < 1.29 is 0 Å². The largest absolute Gasteiger partial charge is 0.0654 e. The maximum Gasteiger partial charge on any atom is -0.0417 e. The molecular formula is C18H38. The molecule has 0 fully saturated rings. The third-order valence-electron chi connectivity index (χ3n) is 4.68. The fourth-order valence-corrected chi connectivity index (χ4v) is 3.14. The van der Waals surface area contributed by atoms with Gasteiger partial charge < -0.3 is 0 Å². The number of rotatable bonds is 12. The highest BCUT2D eigenvalue weighted by molar-refractivity contribution is 4.65. The highest BCUT2D eigenvalue weighted by Gasteiger charge is 2.12. The summed E-state index contributed by atoms with van der Waals surface area (Å²) in [4.78, 5) is 0. The van der Waals surface area contributed by atoms with Gasteiger partial charge in [-0.3, -0.25) is 0 Å². The molecule has 0 heteroatoms. The summed E-state index contributed by atoms with van der Waals surface area (Å²) in [5.74, 6) is 2.94. The molecular weight excluding hydrogens is 216 g/mol. The lowest BCUT2D eigenvalue weighted by Crippen LogP contribution is -2.07. The Hall–Kier alpha value is 0. The zero-order valence-electron chi connectivity index (χ0n) is 13.8. The van der Waals surface area contributed by atoms with E-state index in [0.29, 0.717) is 0 Å². The Morgan fingerprint density at radius 1 is 0.556 bits per heavy atom. The first kappa shape index (κ1) is 18.0. The first-order chi connectivity index (χ1) is 8.67. The highest BCUT2D eigenvalue weighted by atomic mass is 14.2. The minimum Gasteiger partial charge on any atom is -0.0654 e. The molecule has 0 aromatic heterocycles. The van der Waals surface area contributed by atoms with Crippen LogP contribution in [0.5, 0.6) is 0 Å². The van der Waals surface area contributed by atoms with E-state index in [4.69, 9.17) is 0 Å². The average Bonchev–Trinajstić information content (AvgIpc) is 2.37. The summed E-state index contributed by atoms with van der Waals surface area (Å²) in [6.45, 7) is 11.8. The molecule has 110 valence electrons. The van der Waals surface area contributed by atoms with Gasteiger partial charge in [-0.15, -0.1) is 0 Å². The molecule has 0 radical (unpaired) electrons. The molecule has 3 unspecified atom stereocenters. The van der Waals surface area contributed by atoms with Gasteiger partial charge in [0.25, 0.3) is 0 Å². The molecule has 0 aliphatic carbocycles. The van der Waals surface area contributed by atoms with Crippen LogP contribution < -0.4 is 0 Å². The van der Waals surface area contributed by atoms with Crippen LogP contribution in [0.1, 0.15) is 98.8 Å². The summed E-state index contributed by atoms with van der Waals surface area (Å²) in [6, 6.07) is 0. The van der Waals surface area contributed by atoms with Crippen LogP contribution in [0.25, 0.3) is 0 Å². The van der Waals surface area contributed by atoms with Gasteiger partial charge in [-0.25, -0.2) is 0 Å². The van der Waals surface area contributed by atoms with E-state index in [-0.39, 0.29) is 0 Å². The molecule has 0 saturated heterocycles. The number of hydrogen-bond acceptors (Lipinski definition) is 0. The van der Waals surface area contributed by atoms with Crippen LogP contribution in [0.15, 0.2) is 0 Å². The van der Waals surface area contributed by atoms with E-state index >= 15 is 0 Å². The fraction of sp³-hybridized carbons (Fsp3) is 1.00. The lowest BCUT2D eigenvalue weighted by molar-refractivity contribution is 0.322. The van der Waals surface area contributed by atoms with Crippen molar-refractivity contribution in [2.45, 2.75) is 98.8 Å². The Kier molecular flexibility index (Phi) is 12.1. The van der Waals surface area contributed by atoms with E-state index in [1.807, 2.05) is 0 Å².